The molecule has 0 aromatic heterocycles. The van der Waals surface area contributed by atoms with Crippen molar-refractivity contribution in [3.63, 3.8) is 0 Å². The van der Waals surface area contributed by atoms with Gasteiger partial charge in [-0.05, 0) is 30.0 Å². The van der Waals surface area contributed by atoms with Gasteiger partial charge in [0.15, 0.2) is 11.5 Å². The van der Waals surface area contributed by atoms with Crippen LogP contribution in [0.1, 0.15) is 32.3 Å². The largest absolute Gasteiger partial charge is 0.493 e. The van der Waals surface area contributed by atoms with Crippen LogP contribution >= 0.6 is 15.9 Å². The van der Waals surface area contributed by atoms with Gasteiger partial charge in [0.05, 0.1) is 13.7 Å². The van der Waals surface area contributed by atoms with Crippen LogP contribution in [0, 0.1) is 5.92 Å². The Morgan fingerprint density at radius 3 is 2.65 bits per heavy atom. The third-order valence-electron chi connectivity index (χ3n) is 2.69. The summed E-state index contributed by atoms with van der Waals surface area (Å²) in [5, 5.41) is 0.831. The Morgan fingerprint density at radius 2 is 2.06 bits per heavy atom. The minimum absolute atomic E-state index is 0.581. The first-order chi connectivity index (χ1) is 8.21. The molecule has 0 fully saturated rings. The summed E-state index contributed by atoms with van der Waals surface area (Å²) in [6, 6.07) is 6.03. The number of benzene rings is 1. The third kappa shape index (κ3) is 4.58. The van der Waals surface area contributed by atoms with E-state index in [2.05, 4.69) is 29.8 Å². The van der Waals surface area contributed by atoms with Crippen LogP contribution in [0.5, 0.6) is 11.5 Å². The molecule has 0 heterocycles. The summed E-state index contributed by atoms with van der Waals surface area (Å²) in [6.07, 6.45) is 2.39. The average Bonchev–Trinajstić information content (AvgIpc) is 2.36. The zero-order valence-electron chi connectivity index (χ0n) is 10.8. The molecule has 1 unspecified atom stereocenters. The molecule has 0 saturated carbocycles. The van der Waals surface area contributed by atoms with Crippen molar-refractivity contribution in [3.8, 4) is 11.5 Å². The summed E-state index contributed by atoms with van der Waals surface area (Å²) >= 11 is 3.45. The predicted octanol–water partition coefficient (Wildman–Crippen LogP) is 4.41. The monoisotopic (exact) mass is 300 g/mol. The van der Waals surface area contributed by atoms with Gasteiger partial charge < -0.3 is 9.47 Å². The molecule has 0 amide bonds. The number of alkyl halides is 1. The fraction of sp³-hybridized carbons (Fsp3) is 0.571. The molecule has 3 heteroatoms. The maximum atomic E-state index is 5.84. The zero-order chi connectivity index (χ0) is 12.7. The summed E-state index contributed by atoms with van der Waals surface area (Å²) in [5.41, 5.74) is 1.20. The van der Waals surface area contributed by atoms with E-state index in [1.165, 1.54) is 18.4 Å². The van der Waals surface area contributed by atoms with Crippen molar-refractivity contribution in [2.75, 3.05) is 13.7 Å². The molecule has 0 bridgehead atoms. The first kappa shape index (κ1) is 14.4. The molecule has 0 aliphatic heterocycles. The first-order valence-electron chi connectivity index (χ1n) is 6.06. The van der Waals surface area contributed by atoms with Gasteiger partial charge in [-0.3, -0.25) is 0 Å². The zero-order valence-corrected chi connectivity index (χ0v) is 12.4. The lowest BCUT2D eigenvalue weighted by Gasteiger charge is -2.15. The van der Waals surface area contributed by atoms with E-state index in [1.807, 2.05) is 18.2 Å². The molecule has 1 rings (SSSR count). The van der Waals surface area contributed by atoms with Crippen molar-refractivity contribution >= 4 is 15.9 Å². The lowest BCUT2D eigenvalue weighted by Crippen LogP contribution is -2.09. The van der Waals surface area contributed by atoms with Gasteiger partial charge in [-0.15, -0.1) is 0 Å². The Bertz CT molecular complexity index is 339. The summed E-state index contributed by atoms with van der Waals surface area (Å²) in [4.78, 5) is 0. The standard InChI is InChI=1S/C14H21BrO2/c1-4-5-11(2)10-17-14-8-12(9-15)6-7-13(14)16-3/h6-8,11H,4-5,9-10H2,1-3H3. The van der Waals surface area contributed by atoms with Gasteiger partial charge in [-0.1, -0.05) is 42.3 Å². The van der Waals surface area contributed by atoms with E-state index in [9.17, 15) is 0 Å². The third-order valence-corrected chi connectivity index (χ3v) is 3.33. The minimum Gasteiger partial charge on any atom is -0.493 e. The maximum absolute atomic E-state index is 5.84. The van der Waals surface area contributed by atoms with E-state index in [0.717, 1.165) is 23.4 Å². The van der Waals surface area contributed by atoms with Crippen LogP contribution in [0.4, 0.5) is 0 Å². The molecular weight excluding hydrogens is 280 g/mol. The van der Waals surface area contributed by atoms with E-state index in [1.54, 1.807) is 7.11 Å². The highest BCUT2D eigenvalue weighted by Gasteiger charge is 2.08. The summed E-state index contributed by atoms with van der Waals surface area (Å²) in [5.74, 6) is 2.23. The normalized spacial score (nSPS) is 12.2. The van der Waals surface area contributed by atoms with E-state index < -0.39 is 0 Å². The highest BCUT2D eigenvalue weighted by molar-refractivity contribution is 9.08. The molecule has 0 spiro atoms. The van der Waals surface area contributed by atoms with Crippen LogP contribution in [0.2, 0.25) is 0 Å². The van der Waals surface area contributed by atoms with Crippen LogP contribution in [-0.2, 0) is 5.33 Å². The Balaban J connectivity index is 2.67. The molecule has 96 valence electrons. The van der Waals surface area contributed by atoms with E-state index >= 15 is 0 Å². The van der Waals surface area contributed by atoms with Gasteiger partial charge in [0.25, 0.3) is 0 Å². The predicted molar refractivity (Wildman–Crippen MR) is 75.2 cm³/mol. The quantitative estimate of drug-likeness (QED) is 0.695. The summed E-state index contributed by atoms with van der Waals surface area (Å²) in [6.45, 7) is 5.16. The minimum atomic E-state index is 0.581. The first-order valence-corrected chi connectivity index (χ1v) is 7.19. The summed E-state index contributed by atoms with van der Waals surface area (Å²) in [7, 11) is 1.67. The van der Waals surface area contributed by atoms with Gasteiger partial charge in [-0.2, -0.15) is 0 Å². The van der Waals surface area contributed by atoms with Gasteiger partial charge in [0, 0.05) is 5.33 Å². The second-order valence-electron chi connectivity index (χ2n) is 4.32. The number of ether oxygens (including phenoxy) is 2. The van der Waals surface area contributed by atoms with Crippen LogP contribution in [0.15, 0.2) is 18.2 Å². The molecule has 0 radical (unpaired) electrons. The highest BCUT2D eigenvalue weighted by Crippen LogP contribution is 2.29. The summed E-state index contributed by atoms with van der Waals surface area (Å²) < 4.78 is 11.1. The van der Waals surface area contributed by atoms with Crippen LogP contribution < -0.4 is 9.47 Å². The van der Waals surface area contributed by atoms with E-state index in [0.29, 0.717) is 5.92 Å². The number of hydrogen-bond donors (Lipinski definition) is 0. The molecule has 17 heavy (non-hydrogen) atoms. The smallest absolute Gasteiger partial charge is 0.161 e. The van der Waals surface area contributed by atoms with Gasteiger partial charge in [-0.25, -0.2) is 0 Å². The Hall–Kier alpha value is -0.700. The molecule has 0 aliphatic rings. The number of methoxy groups -OCH3 is 1. The maximum Gasteiger partial charge on any atom is 0.161 e. The number of hydrogen-bond acceptors (Lipinski definition) is 2. The lowest BCUT2D eigenvalue weighted by atomic mass is 10.1. The lowest BCUT2D eigenvalue weighted by molar-refractivity contribution is 0.240. The SMILES string of the molecule is CCCC(C)COc1cc(CBr)ccc1OC. The van der Waals surface area contributed by atoms with Crippen LogP contribution in [0.3, 0.4) is 0 Å². The highest BCUT2D eigenvalue weighted by atomic mass is 79.9. The molecule has 2 nitrogen and oxygen atoms in total. The Morgan fingerprint density at radius 1 is 1.29 bits per heavy atom. The second-order valence-corrected chi connectivity index (χ2v) is 4.88. The fourth-order valence-corrected chi connectivity index (χ4v) is 2.07. The topological polar surface area (TPSA) is 18.5 Å². The fourth-order valence-electron chi connectivity index (χ4n) is 1.73. The molecule has 0 aliphatic carbocycles. The molecule has 1 aromatic rings. The number of halogens is 1. The average molecular weight is 301 g/mol. The van der Waals surface area contributed by atoms with Crippen molar-refractivity contribution in [3.05, 3.63) is 23.8 Å². The van der Waals surface area contributed by atoms with Crippen molar-refractivity contribution < 1.29 is 9.47 Å². The Labute approximate surface area is 112 Å². The van der Waals surface area contributed by atoms with E-state index in [4.69, 9.17) is 9.47 Å². The number of rotatable bonds is 7. The van der Waals surface area contributed by atoms with Gasteiger partial charge in [0.1, 0.15) is 0 Å². The van der Waals surface area contributed by atoms with Crippen molar-refractivity contribution in [2.45, 2.75) is 32.0 Å². The Kier molecular flexibility index (Phi) is 6.41. The van der Waals surface area contributed by atoms with Crippen LogP contribution in [0.25, 0.3) is 0 Å². The van der Waals surface area contributed by atoms with Crippen LogP contribution in [-0.4, -0.2) is 13.7 Å². The molecule has 0 N–H and O–H groups in total. The van der Waals surface area contributed by atoms with Gasteiger partial charge in [0.2, 0.25) is 0 Å². The second kappa shape index (κ2) is 7.59. The molecule has 1 atom stereocenters. The van der Waals surface area contributed by atoms with Gasteiger partial charge >= 0.3 is 0 Å². The van der Waals surface area contributed by atoms with Crippen molar-refractivity contribution in [1.29, 1.82) is 0 Å². The van der Waals surface area contributed by atoms with Crippen molar-refractivity contribution in [2.24, 2.45) is 5.92 Å². The molecule has 1 aromatic carbocycles. The molecular formula is C14H21BrO2. The van der Waals surface area contributed by atoms with Crippen molar-refractivity contribution in [1.82, 2.24) is 0 Å². The van der Waals surface area contributed by atoms with E-state index in [-0.39, 0.29) is 0 Å². The molecule has 0 saturated heterocycles.